The van der Waals surface area contributed by atoms with E-state index in [-0.39, 0.29) is 18.0 Å². The molecule has 1 aliphatic heterocycles. The van der Waals surface area contributed by atoms with Crippen LogP contribution in [0.25, 0.3) is 0 Å². The van der Waals surface area contributed by atoms with Gasteiger partial charge in [-0.1, -0.05) is 36.8 Å². The SMILES string of the molecule is [CH2][C@@H]1OC2(CCCCC2)O[C@H]1c1ccccc1. The van der Waals surface area contributed by atoms with Gasteiger partial charge in [0.25, 0.3) is 0 Å². The van der Waals surface area contributed by atoms with Crippen molar-refractivity contribution in [1.29, 1.82) is 0 Å². The molecule has 0 aromatic heterocycles. The van der Waals surface area contributed by atoms with Gasteiger partial charge < -0.3 is 9.47 Å². The monoisotopic (exact) mass is 231 g/mol. The van der Waals surface area contributed by atoms with Crippen LogP contribution in [0.15, 0.2) is 30.3 Å². The van der Waals surface area contributed by atoms with Crippen LogP contribution in [-0.4, -0.2) is 11.9 Å². The van der Waals surface area contributed by atoms with Crippen molar-refractivity contribution < 1.29 is 9.47 Å². The van der Waals surface area contributed by atoms with Gasteiger partial charge in [-0.05, 0) is 25.3 Å². The fourth-order valence-corrected chi connectivity index (χ4v) is 2.92. The minimum atomic E-state index is -0.342. The average Bonchev–Trinajstić information content (AvgIpc) is 2.68. The molecule has 1 aromatic carbocycles. The fraction of sp³-hybridized carbons (Fsp3) is 0.533. The Labute approximate surface area is 103 Å². The second-order valence-electron chi connectivity index (χ2n) is 5.08. The van der Waals surface area contributed by atoms with Crippen molar-refractivity contribution in [2.24, 2.45) is 0 Å². The van der Waals surface area contributed by atoms with Gasteiger partial charge in [-0.3, -0.25) is 0 Å². The molecule has 1 aromatic rings. The lowest BCUT2D eigenvalue weighted by Gasteiger charge is -2.31. The van der Waals surface area contributed by atoms with Crippen LogP contribution in [-0.2, 0) is 9.47 Å². The molecule has 1 saturated carbocycles. The molecule has 1 aliphatic carbocycles. The third kappa shape index (κ3) is 2.12. The fourth-order valence-electron chi connectivity index (χ4n) is 2.92. The number of benzene rings is 1. The van der Waals surface area contributed by atoms with Crippen molar-refractivity contribution in [3.8, 4) is 0 Å². The second-order valence-corrected chi connectivity index (χ2v) is 5.08. The van der Waals surface area contributed by atoms with E-state index in [0.29, 0.717) is 0 Å². The first-order valence-electron chi connectivity index (χ1n) is 6.53. The standard InChI is InChI=1S/C15H19O2/c1-12-14(13-8-4-2-5-9-13)17-15(16-12)10-6-3-7-11-15/h2,4-5,8-9,12,14H,1,3,6-7,10-11H2/t12-,14+/m0/s1. The highest BCUT2D eigenvalue weighted by atomic mass is 16.8. The molecule has 0 N–H and O–H groups in total. The maximum absolute atomic E-state index is 6.20. The quantitative estimate of drug-likeness (QED) is 0.734. The summed E-state index contributed by atoms with van der Waals surface area (Å²) in [6.45, 7) is 4.10. The average molecular weight is 231 g/mol. The molecule has 91 valence electrons. The topological polar surface area (TPSA) is 18.5 Å². The number of hydrogen-bond donors (Lipinski definition) is 0. The van der Waals surface area contributed by atoms with Crippen LogP contribution >= 0.6 is 0 Å². The first kappa shape index (κ1) is 11.2. The molecule has 3 rings (SSSR count). The van der Waals surface area contributed by atoms with Crippen LogP contribution in [0, 0.1) is 6.92 Å². The van der Waals surface area contributed by atoms with E-state index in [1.807, 2.05) is 18.2 Å². The van der Waals surface area contributed by atoms with E-state index >= 15 is 0 Å². The highest BCUT2D eigenvalue weighted by molar-refractivity contribution is 5.20. The second kappa shape index (κ2) is 4.43. The summed E-state index contributed by atoms with van der Waals surface area (Å²) in [5, 5.41) is 0. The van der Waals surface area contributed by atoms with Gasteiger partial charge in [-0.15, -0.1) is 0 Å². The lowest BCUT2D eigenvalue weighted by molar-refractivity contribution is -0.192. The van der Waals surface area contributed by atoms with Crippen LogP contribution in [0.1, 0.15) is 43.8 Å². The minimum absolute atomic E-state index is 0.00528. The van der Waals surface area contributed by atoms with E-state index in [1.54, 1.807) is 0 Å². The Morgan fingerprint density at radius 1 is 1.00 bits per heavy atom. The van der Waals surface area contributed by atoms with Gasteiger partial charge >= 0.3 is 0 Å². The summed E-state index contributed by atoms with van der Waals surface area (Å²) in [6, 6.07) is 10.3. The molecule has 1 saturated heterocycles. The van der Waals surface area contributed by atoms with Crippen molar-refractivity contribution >= 4 is 0 Å². The Morgan fingerprint density at radius 2 is 1.71 bits per heavy atom. The zero-order valence-electron chi connectivity index (χ0n) is 10.1. The highest BCUT2D eigenvalue weighted by Gasteiger charge is 2.46. The van der Waals surface area contributed by atoms with E-state index in [2.05, 4.69) is 19.1 Å². The molecule has 2 aliphatic rings. The lowest BCUT2D eigenvalue weighted by atomic mass is 9.94. The van der Waals surface area contributed by atoms with Crippen molar-refractivity contribution in [1.82, 2.24) is 0 Å². The van der Waals surface area contributed by atoms with E-state index in [0.717, 1.165) is 12.8 Å². The summed E-state index contributed by atoms with van der Waals surface area (Å²) < 4.78 is 12.2. The summed E-state index contributed by atoms with van der Waals surface area (Å²) in [5.74, 6) is -0.342. The molecule has 1 radical (unpaired) electrons. The van der Waals surface area contributed by atoms with Gasteiger partial charge in [0, 0.05) is 12.8 Å². The Balaban J connectivity index is 1.80. The summed E-state index contributed by atoms with van der Waals surface area (Å²) in [6.07, 6.45) is 5.64. The smallest absolute Gasteiger partial charge is 0.169 e. The summed E-state index contributed by atoms with van der Waals surface area (Å²) in [7, 11) is 0. The van der Waals surface area contributed by atoms with Crippen LogP contribution in [0.2, 0.25) is 0 Å². The van der Waals surface area contributed by atoms with E-state index < -0.39 is 0 Å². The number of hydrogen-bond acceptors (Lipinski definition) is 2. The summed E-state index contributed by atoms with van der Waals surface area (Å²) >= 11 is 0. The first-order valence-corrected chi connectivity index (χ1v) is 6.53. The van der Waals surface area contributed by atoms with Gasteiger partial charge in [0.05, 0.1) is 6.10 Å². The van der Waals surface area contributed by atoms with Crippen LogP contribution < -0.4 is 0 Å². The molecule has 1 spiro atoms. The lowest BCUT2D eigenvalue weighted by Crippen LogP contribution is -2.33. The van der Waals surface area contributed by atoms with Gasteiger partial charge in [0.15, 0.2) is 5.79 Å². The maximum atomic E-state index is 6.20. The van der Waals surface area contributed by atoms with Crippen molar-refractivity contribution in [2.45, 2.75) is 50.1 Å². The predicted octanol–water partition coefficient (Wildman–Crippen LogP) is 3.64. The van der Waals surface area contributed by atoms with Crippen LogP contribution in [0.5, 0.6) is 0 Å². The predicted molar refractivity (Wildman–Crippen MR) is 66.3 cm³/mol. The van der Waals surface area contributed by atoms with Crippen LogP contribution in [0.4, 0.5) is 0 Å². The van der Waals surface area contributed by atoms with Crippen molar-refractivity contribution in [3.05, 3.63) is 42.8 Å². The van der Waals surface area contributed by atoms with Gasteiger partial charge in [-0.25, -0.2) is 0 Å². The molecular formula is C15H19O2. The zero-order valence-corrected chi connectivity index (χ0v) is 10.1. The Morgan fingerprint density at radius 3 is 2.41 bits per heavy atom. The molecule has 2 nitrogen and oxygen atoms in total. The molecule has 1 heterocycles. The van der Waals surface area contributed by atoms with Crippen molar-refractivity contribution in [2.75, 3.05) is 0 Å². The van der Waals surface area contributed by atoms with Crippen LogP contribution in [0.3, 0.4) is 0 Å². The first-order chi connectivity index (χ1) is 8.29. The third-order valence-electron chi connectivity index (χ3n) is 3.79. The Kier molecular flexibility index (Phi) is 2.93. The highest BCUT2D eigenvalue weighted by Crippen LogP contribution is 2.45. The molecule has 2 atom stereocenters. The molecule has 2 heteroatoms. The molecule has 0 amide bonds. The normalized spacial score (nSPS) is 31.8. The minimum Gasteiger partial charge on any atom is -0.344 e. The van der Waals surface area contributed by atoms with E-state index in [4.69, 9.17) is 9.47 Å². The van der Waals surface area contributed by atoms with Gasteiger partial charge in [0.1, 0.15) is 6.10 Å². The summed E-state index contributed by atoms with van der Waals surface area (Å²) in [4.78, 5) is 0. The van der Waals surface area contributed by atoms with E-state index in [9.17, 15) is 0 Å². The zero-order chi connectivity index (χ0) is 11.7. The molecular weight excluding hydrogens is 212 g/mol. The maximum Gasteiger partial charge on any atom is 0.169 e. The van der Waals surface area contributed by atoms with Gasteiger partial charge in [-0.2, -0.15) is 0 Å². The molecule has 0 bridgehead atoms. The number of ether oxygens (including phenoxy) is 2. The Bertz CT molecular complexity index is 368. The third-order valence-corrected chi connectivity index (χ3v) is 3.79. The molecule has 0 unspecified atom stereocenters. The Hall–Kier alpha value is -0.860. The van der Waals surface area contributed by atoms with Crippen molar-refractivity contribution in [3.63, 3.8) is 0 Å². The van der Waals surface area contributed by atoms with E-state index in [1.165, 1.54) is 24.8 Å². The largest absolute Gasteiger partial charge is 0.344 e. The molecule has 2 fully saturated rings. The van der Waals surface area contributed by atoms with Gasteiger partial charge in [0.2, 0.25) is 0 Å². The number of rotatable bonds is 1. The molecule has 17 heavy (non-hydrogen) atoms. The summed E-state index contributed by atoms with van der Waals surface area (Å²) in [5.41, 5.74) is 1.18.